The van der Waals surface area contributed by atoms with Gasteiger partial charge in [0.25, 0.3) is 0 Å². The third-order valence-corrected chi connectivity index (χ3v) is 5.36. The molecule has 6 unspecified atom stereocenters. The molecular formula is C14H26. The largest absolute Gasteiger partial charge is 0.0654 e. The predicted molar refractivity (Wildman–Crippen MR) is 62.1 cm³/mol. The molecule has 0 heterocycles. The maximum atomic E-state index is 2.51. The third-order valence-electron chi connectivity index (χ3n) is 5.36. The van der Waals surface area contributed by atoms with Crippen molar-refractivity contribution in [3.8, 4) is 0 Å². The lowest BCUT2D eigenvalue weighted by Crippen LogP contribution is -2.62. The Kier molecular flexibility index (Phi) is 2.91. The van der Waals surface area contributed by atoms with Crippen LogP contribution in [0.2, 0.25) is 0 Å². The second-order valence-electron chi connectivity index (χ2n) is 5.75. The minimum atomic E-state index is 1.04. The van der Waals surface area contributed by atoms with Gasteiger partial charge < -0.3 is 0 Å². The van der Waals surface area contributed by atoms with E-state index in [0.717, 1.165) is 35.5 Å². The molecule has 0 N–H and O–H groups in total. The molecule has 82 valence electrons. The Morgan fingerprint density at radius 3 is 2.00 bits per heavy atom. The molecule has 2 aliphatic carbocycles. The smallest absolute Gasteiger partial charge is 0.0321 e. The van der Waals surface area contributed by atoms with Gasteiger partial charge in [-0.05, 0) is 41.9 Å². The zero-order valence-electron chi connectivity index (χ0n) is 10.3. The fraction of sp³-hybridized carbons (Fsp3) is 1.00. The molecule has 0 heteroatoms. The molecular weight excluding hydrogens is 168 g/mol. The van der Waals surface area contributed by atoms with Crippen molar-refractivity contribution in [2.75, 3.05) is 0 Å². The van der Waals surface area contributed by atoms with Gasteiger partial charge in [-0.3, -0.25) is 0 Å². The molecule has 6 atom stereocenters. The summed E-state index contributed by atoms with van der Waals surface area (Å²) in [5.41, 5.74) is 0. The van der Waals surface area contributed by atoms with Gasteiger partial charge in [0.1, 0.15) is 0 Å². The van der Waals surface area contributed by atoms with Crippen molar-refractivity contribution >= 4 is 0 Å². The fourth-order valence-electron chi connectivity index (χ4n) is 4.57. The molecule has 2 fully saturated rings. The van der Waals surface area contributed by atoms with E-state index in [-0.39, 0.29) is 0 Å². The number of unbranched alkanes of at least 4 members (excludes halogenated alkanes) is 1. The van der Waals surface area contributed by atoms with E-state index in [9.17, 15) is 0 Å². The third kappa shape index (κ3) is 1.26. The average molecular weight is 194 g/mol. The van der Waals surface area contributed by atoms with Crippen LogP contribution < -0.4 is 0 Å². The lowest BCUT2D eigenvalue weighted by molar-refractivity contribution is -0.196. The Bertz CT molecular complexity index is 196. The summed E-state index contributed by atoms with van der Waals surface area (Å²) in [5, 5.41) is 0. The Balaban J connectivity index is 1.88. The molecule has 0 amide bonds. The zero-order valence-corrected chi connectivity index (χ0v) is 10.3. The van der Waals surface area contributed by atoms with Gasteiger partial charge in [0.05, 0.1) is 0 Å². The first-order chi connectivity index (χ1) is 6.72. The van der Waals surface area contributed by atoms with E-state index < -0.39 is 0 Å². The molecule has 0 aromatic heterocycles. The minimum Gasteiger partial charge on any atom is -0.0654 e. The first kappa shape index (κ1) is 10.5. The van der Waals surface area contributed by atoms with Crippen molar-refractivity contribution in [2.24, 2.45) is 35.5 Å². The van der Waals surface area contributed by atoms with Gasteiger partial charge in [0.2, 0.25) is 0 Å². The van der Waals surface area contributed by atoms with Crippen LogP contribution in [0.15, 0.2) is 0 Å². The highest BCUT2D eigenvalue weighted by molar-refractivity contribution is 5.08. The maximum absolute atomic E-state index is 2.51. The van der Waals surface area contributed by atoms with Crippen LogP contribution in [0.25, 0.3) is 0 Å². The summed E-state index contributed by atoms with van der Waals surface area (Å²) in [5.74, 6) is 6.51. The number of fused-ring (bicyclic) bond motifs is 1. The van der Waals surface area contributed by atoms with Crippen molar-refractivity contribution in [3.05, 3.63) is 0 Å². The van der Waals surface area contributed by atoms with Crippen LogP contribution in [-0.2, 0) is 0 Å². The van der Waals surface area contributed by atoms with Crippen molar-refractivity contribution < 1.29 is 0 Å². The van der Waals surface area contributed by atoms with Crippen molar-refractivity contribution in [3.63, 3.8) is 0 Å². The second kappa shape index (κ2) is 3.87. The van der Waals surface area contributed by atoms with Crippen LogP contribution in [0.3, 0.4) is 0 Å². The standard InChI is InChI=1S/C14H26/c1-5-7-8-12-10(4)13-11(6-2)9(3)14(12)13/h9-14H,5-8H2,1-4H3. The molecule has 0 nitrogen and oxygen atoms in total. The highest BCUT2D eigenvalue weighted by atomic mass is 14.7. The summed E-state index contributed by atoms with van der Waals surface area (Å²) in [7, 11) is 0. The van der Waals surface area contributed by atoms with E-state index in [4.69, 9.17) is 0 Å². The molecule has 0 bridgehead atoms. The molecule has 2 rings (SSSR count). The van der Waals surface area contributed by atoms with Gasteiger partial charge in [-0.2, -0.15) is 0 Å². The van der Waals surface area contributed by atoms with Gasteiger partial charge >= 0.3 is 0 Å². The molecule has 2 aliphatic rings. The zero-order chi connectivity index (χ0) is 10.3. The van der Waals surface area contributed by atoms with E-state index in [2.05, 4.69) is 27.7 Å². The van der Waals surface area contributed by atoms with Crippen molar-refractivity contribution in [2.45, 2.75) is 53.4 Å². The number of rotatable bonds is 4. The summed E-state index contributed by atoms with van der Waals surface area (Å²) in [6.07, 6.45) is 5.78. The van der Waals surface area contributed by atoms with Crippen LogP contribution in [-0.4, -0.2) is 0 Å². The van der Waals surface area contributed by atoms with E-state index in [1.54, 1.807) is 0 Å². The van der Waals surface area contributed by atoms with E-state index in [1.165, 1.54) is 25.7 Å². The van der Waals surface area contributed by atoms with E-state index in [1.807, 2.05) is 0 Å². The van der Waals surface area contributed by atoms with Gasteiger partial charge in [-0.25, -0.2) is 0 Å². The average Bonchev–Trinajstić information content (AvgIpc) is 2.18. The lowest BCUT2D eigenvalue weighted by atomic mass is 9.38. The van der Waals surface area contributed by atoms with Crippen LogP contribution >= 0.6 is 0 Å². The normalized spacial score (nSPS) is 50.6. The monoisotopic (exact) mass is 194 g/mol. The highest BCUT2D eigenvalue weighted by Crippen LogP contribution is 2.66. The Morgan fingerprint density at radius 2 is 1.43 bits per heavy atom. The molecule has 2 saturated carbocycles. The van der Waals surface area contributed by atoms with Crippen LogP contribution in [0.5, 0.6) is 0 Å². The molecule has 0 aromatic rings. The highest BCUT2D eigenvalue weighted by Gasteiger charge is 2.61. The number of hydrogen-bond donors (Lipinski definition) is 0. The SMILES string of the molecule is CCCCC1C(C)C2C(CC)C(C)C12. The Morgan fingerprint density at radius 1 is 0.857 bits per heavy atom. The van der Waals surface area contributed by atoms with Crippen LogP contribution in [0.1, 0.15) is 53.4 Å². The molecule has 0 aromatic carbocycles. The summed E-state index contributed by atoms with van der Waals surface area (Å²) in [4.78, 5) is 0. The molecule has 0 spiro atoms. The predicted octanol–water partition coefficient (Wildman–Crippen LogP) is 4.35. The van der Waals surface area contributed by atoms with Crippen molar-refractivity contribution in [1.29, 1.82) is 0 Å². The van der Waals surface area contributed by atoms with E-state index >= 15 is 0 Å². The first-order valence-electron chi connectivity index (χ1n) is 6.72. The Labute approximate surface area is 89.5 Å². The van der Waals surface area contributed by atoms with Crippen LogP contribution in [0, 0.1) is 35.5 Å². The summed E-state index contributed by atoms with van der Waals surface area (Å²) in [6, 6.07) is 0. The summed E-state index contributed by atoms with van der Waals surface area (Å²) < 4.78 is 0. The molecule has 0 saturated heterocycles. The first-order valence-corrected chi connectivity index (χ1v) is 6.72. The van der Waals surface area contributed by atoms with Gasteiger partial charge in [-0.1, -0.05) is 47.0 Å². The quantitative estimate of drug-likeness (QED) is 0.624. The fourth-order valence-corrected chi connectivity index (χ4v) is 4.57. The van der Waals surface area contributed by atoms with Crippen molar-refractivity contribution in [1.82, 2.24) is 0 Å². The topological polar surface area (TPSA) is 0 Å². The molecule has 14 heavy (non-hydrogen) atoms. The molecule has 0 aliphatic heterocycles. The van der Waals surface area contributed by atoms with Crippen LogP contribution in [0.4, 0.5) is 0 Å². The Hall–Kier alpha value is 0. The summed E-state index contributed by atoms with van der Waals surface area (Å²) >= 11 is 0. The summed E-state index contributed by atoms with van der Waals surface area (Å²) in [6.45, 7) is 9.71. The number of hydrogen-bond acceptors (Lipinski definition) is 0. The van der Waals surface area contributed by atoms with Gasteiger partial charge in [0, 0.05) is 0 Å². The van der Waals surface area contributed by atoms with Gasteiger partial charge in [0.15, 0.2) is 0 Å². The minimum absolute atomic E-state index is 1.04. The second-order valence-corrected chi connectivity index (χ2v) is 5.75. The lowest BCUT2D eigenvalue weighted by Gasteiger charge is -2.67. The maximum Gasteiger partial charge on any atom is -0.0321 e. The van der Waals surface area contributed by atoms with Gasteiger partial charge in [-0.15, -0.1) is 0 Å². The van der Waals surface area contributed by atoms with E-state index in [0.29, 0.717) is 0 Å². The molecule has 0 radical (unpaired) electrons.